The van der Waals surface area contributed by atoms with Crippen LogP contribution in [0.5, 0.6) is 0 Å². The highest BCUT2D eigenvalue weighted by molar-refractivity contribution is 5.56. The van der Waals surface area contributed by atoms with Gasteiger partial charge in [-0.3, -0.25) is 10.1 Å². The largest absolute Gasteiger partial charge is 0.370 e. The van der Waals surface area contributed by atoms with Crippen LogP contribution in [0.25, 0.3) is 0 Å². The molecule has 0 bridgehead atoms. The van der Waals surface area contributed by atoms with Crippen molar-refractivity contribution in [3.63, 3.8) is 0 Å². The molecule has 116 valence electrons. The van der Waals surface area contributed by atoms with Crippen LogP contribution in [0.4, 0.5) is 11.4 Å². The summed E-state index contributed by atoms with van der Waals surface area (Å²) in [5.41, 5.74) is 1.90. The van der Waals surface area contributed by atoms with E-state index in [1.54, 1.807) is 13.0 Å². The number of nitrogens with one attached hydrogen (secondary N) is 1. The first kappa shape index (κ1) is 15.8. The maximum absolute atomic E-state index is 11.1. The Balaban J connectivity index is 2.18. The van der Waals surface area contributed by atoms with Gasteiger partial charge in [0.15, 0.2) is 0 Å². The fourth-order valence-corrected chi connectivity index (χ4v) is 2.84. The number of aryl methyl sites for hydroxylation is 1. The fraction of sp³-hybridized carbons (Fsp3) is 0.625. The van der Waals surface area contributed by atoms with Gasteiger partial charge in [0, 0.05) is 36.4 Å². The molecule has 1 aliphatic rings. The molecule has 2 rings (SSSR count). The van der Waals surface area contributed by atoms with Crippen LogP contribution >= 0.6 is 0 Å². The molecule has 0 spiro atoms. The summed E-state index contributed by atoms with van der Waals surface area (Å²) in [7, 11) is 0. The molecule has 0 amide bonds. The molecule has 1 heterocycles. The Morgan fingerprint density at radius 2 is 2.29 bits per heavy atom. The second kappa shape index (κ2) is 7.41. The zero-order valence-corrected chi connectivity index (χ0v) is 13.0. The highest BCUT2D eigenvalue weighted by atomic mass is 16.6. The summed E-state index contributed by atoms with van der Waals surface area (Å²) < 4.78 is 0. The molecule has 0 aromatic heterocycles. The molecule has 1 aromatic carbocycles. The van der Waals surface area contributed by atoms with Crippen molar-refractivity contribution in [1.29, 1.82) is 0 Å². The zero-order chi connectivity index (χ0) is 15.2. The van der Waals surface area contributed by atoms with Crippen molar-refractivity contribution in [2.75, 3.05) is 24.5 Å². The van der Waals surface area contributed by atoms with Crippen molar-refractivity contribution in [3.05, 3.63) is 33.9 Å². The second-order valence-corrected chi connectivity index (χ2v) is 5.82. The average molecular weight is 291 g/mol. The van der Waals surface area contributed by atoms with Crippen LogP contribution in [-0.2, 0) is 0 Å². The second-order valence-electron chi connectivity index (χ2n) is 5.82. The summed E-state index contributed by atoms with van der Waals surface area (Å²) in [6.07, 6.45) is 4.65. The van der Waals surface area contributed by atoms with Gasteiger partial charge in [0.2, 0.25) is 0 Å². The van der Waals surface area contributed by atoms with Crippen molar-refractivity contribution in [2.45, 2.75) is 45.6 Å². The Labute approximate surface area is 126 Å². The monoisotopic (exact) mass is 291 g/mol. The number of hydrogen-bond donors (Lipinski definition) is 1. The van der Waals surface area contributed by atoms with Gasteiger partial charge in [0.25, 0.3) is 5.69 Å². The van der Waals surface area contributed by atoms with E-state index in [4.69, 9.17) is 0 Å². The molecule has 1 unspecified atom stereocenters. The highest BCUT2D eigenvalue weighted by Gasteiger charge is 2.20. The maximum Gasteiger partial charge on any atom is 0.274 e. The number of anilines is 1. The van der Waals surface area contributed by atoms with Crippen LogP contribution in [0.15, 0.2) is 18.2 Å². The lowest BCUT2D eigenvalue weighted by molar-refractivity contribution is -0.385. The summed E-state index contributed by atoms with van der Waals surface area (Å²) in [6, 6.07) is 6.09. The molecular formula is C16H25N3O2. The van der Waals surface area contributed by atoms with Crippen LogP contribution in [0.2, 0.25) is 0 Å². The number of benzene rings is 1. The number of hydrogen-bond acceptors (Lipinski definition) is 4. The molecule has 1 fully saturated rings. The van der Waals surface area contributed by atoms with Gasteiger partial charge in [-0.2, -0.15) is 0 Å². The van der Waals surface area contributed by atoms with Crippen LogP contribution in [0.3, 0.4) is 0 Å². The number of nitrogens with zero attached hydrogens (tertiary/aromatic N) is 2. The van der Waals surface area contributed by atoms with Crippen molar-refractivity contribution in [2.24, 2.45) is 0 Å². The molecule has 0 saturated carbocycles. The average Bonchev–Trinajstić information content (AvgIpc) is 2.96. The summed E-state index contributed by atoms with van der Waals surface area (Å²) in [5.74, 6) is 0. The Bertz CT molecular complexity index is 484. The Morgan fingerprint density at radius 3 is 2.90 bits per heavy atom. The maximum atomic E-state index is 11.1. The van der Waals surface area contributed by atoms with E-state index in [2.05, 4.69) is 17.1 Å². The van der Waals surface area contributed by atoms with E-state index in [0.717, 1.165) is 43.7 Å². The zero-order valence-electron chi connectivity index (χ0n) is 13.0. The quantitative estimate of drug-likeness (QED) is 0.619. The first-order valence-corrected chi connectivity index (χ1v) is 7.85. The lowest BCUT2D eigenvalue weighted by Gasteiger charge is -2.28. The van der Waals surface area contributed by atoms with E-state index in [1.807, 2.05) is 12.1 Å². The van der Waals surface area contributed by atoms with Gasteiger partial charge >= 0.3 is 0 Å². The normalized spacial score (nSPS) is 17.9. The minimum absolute atomic E-state index is 0.216. The molecule has 0 radical (unpaired) electrons. The molecule has 21 heavy (non-hydrogen) atoms. The molecule has 1 aliphatic heterocycles. The van der Waals surface area contributed by atoms with Crippen molar-refractivity contribution in [3.8, 4) is 0 Å². The van der Waals surface area contributed by atoms with E-state index in [1.165, 1.54) is 12.8 Å². The van der Waals surface area contributed by atoms with Crippen LogP contribution in [0, 0.1) is 17.0 Å². The third kappa shape index (κ3) is 4.17. The summed E-state index contributed by atoms with van der Waals surface area (Å²) >= 11 is 0. The molecule has 1 aromatic rings. The van der Waals surface area contributed by atoms with E-state index in [-0.39, 0.29) is 10.6 Å². The van der Waals surface area contributed by atoms with Gasteiger partial charge in [-0.1, -0.05) is 19.4 Å². The van der Waals surface area contributed by atoms with E-state index in [9.17, 15) is 10.1 Å². The predicted molar refractivity (Wildman–Crippen MR) is 86.0 cm³/mol. The molecule has 0 aliphatic carbocycles. The molecule has 1 saturated heterocycles. The van der Waals surface area contributed by atoms with E-state index in [0.29, 0.717) is 6.04 Å². The lowest BCUT2D eigenvalue weighted by atomic mass is 10.1. The molecule has 5 heteroatoms. The Kier molecular flexibility index (Phi) is 5.56. The predicted octanol–water partition coefficient (Wildman–Crippen LogP) is 3.26. The molecule has 5 nitrogen and oxygen atoms in total. The van der Waals surface area contributed by atoms with Crippen molar-refractivity contribution < 1.29 is 4.92 Å². The molecular weight excluding hydrogens is 266 g/mol. The smallest absolute Gasteiger partial charge is 0.274 e. The third-order valence-corrected chi connectivity index (χ3v) is 4.14. The SMILES string of the molecule is CCCCN(CC1CCCN1)c1ccc(C)c([N+](=O)[O-])c1. The van der Waals surface area contributed by atoms with Crippen LogP contribution in [0.1, 0.15) is 38.2 Å². The fourth-order valence-electron chi connectivity index (χ4n) is 2.84. The van der Waals surface area contributed by atoms with Gasteiger partial charge in [0.1, 0.15) is 0 Å². The third-order valence-electron chi connectivity index (χ3n) is 4.14. The van der Waals surface area contributed by atoms with Gasteiger partial charge in [0.05, 0.1) is 4.92 Å². The number of nitro groups is 1. The summed E-state index contributed by atoms with van der Waals surface area (Å²) in [4.78, 5) is 13.1. The van der Waals surface area contributed by atoms with Gasteiger partial charge < -0.3 is 10.2 Å². The van der Waals surface area contributed by atoms with Crippen LogP contribution < -0.4 is 10.2 Å². The summed E-state index contributed by atoms with van der Waals surface area (Å²) in [6.45, 7) is 6.93. The highest BCUT2D eigenvalue weighted by Crippen LogP contribution is 2.26. The first-order chi connectivity index (χ1) is 10.1. The van der Waals surface area contributed by atoms with E-state index < -0.39 is 0 Å². The number of unbranched alkanes of at least 4 members (excludes halogenated alkanes) is 1. The van der Waals surface area contributed by atoms with Gasteiger partial charge in [-0.05, 0) is 38.8 Å². The Hall–Kier alpha value is -1.62. The number of rotatable bonds is 7. The first-order valence-electron chi connectivity index (χ1n) is 7.85. The lowest BCUT2D eigenvalue weighted by Crippen LogP contribution is -2.38. The standard InChI is InChI=1S/C16H25N3O2/c1-3-4-10-18(12-14-6-5-9-17-14)15-8-7-13(2)16(11-15)19(20)21/h7-8,11,14,17H,3-6,9-10,12H2,1-2H3. The Morgan fingerprint density at radius 1 is 1.48 bits per heavy atom. The van der Waals surface area contributed by atoms with Gasteiger partial charge in [-0.15, -0.1) is 0 Å². The van der Waals surface area contributed by atoms with E-state index >= 15 is 0 Å². The minimum Gasteiger partial charge on any atom is -0.370 e. The van der Waals surface area contributed by atoms with Crippen molar-refractivity contribution >= 4 is 11.4 Å². The van der Waals surface area contributed by atoms with Crippen LogP contribution in [-0.4, -0.2) is 30.6 Å². The molecule has 1 atom stereocenters. The topological polar surface area (TPSA) is 58.4 Å². The number of nitro benzene ring substituents is 1. The minimum atomic E-state index is -0.287. The molecule has 1 N–H and O–H groups in total. The summed E-state index contributed by atoms with van der Waals surface area (Å²) in [5, 5.41) is 14.6. The van der Waals surface area contributed by atoms with Gasteiger partial charge in [-0.25, -0.2) is 0 Å². The van der Waals surface area contributed by atoms with Crippen molar-refractivity contribution in [1.82, 2.24) is 5.32 Å².